The van der Waals surface area contributed by atoms with E-state index in [2.05, 4.69) is 0 Å². The van der Waals surface area contributed by atoms with Crippen LogP contribution in [0, 0.1) is 22.0 Å². The molecule has 1 heterocycles. The molecule has 2 unspecified atom stereocenters. The first-order valence-corrected chi connectivity index (χ1v) is 7.18. The molecule has 2 rings (SSSR count). The maximum Gasteiger partial charge on any atom is 0.311 e. The molecule has 124 valence electrons. The summed E-state index contributed by atoms with van der Waals surface area (Å²) in [4.78, 5) is 35.6. The molecular weight excluding hydrogens is 304 g/mol. The number of nitro benzene ring substituents is 1. The number of nitro groups is 1. The molecule has 0 bridgehead atoms. The van der Waals surface area contributed by atoms with Crippen molar-refractivity contribution in [3.8, 4) is 5.75 Å². The third kappa shape index (κ3) is 3.58. The second kappa shape index (κ2) is 6.64. The summed E-state index contributed by atoms with van der Waals surface area (Å²) in [6.07, 6.45) is 0.516. The number of likely N-dealkylation sites (tertiary alicyclic amines) is 1. The zero-order valence-electron chi connectivity index (χ0n) is 12.9. The van der Waals surface area contributed by atoms with E-state index in [1.54, 1.807) is 0 Å². The van der Waals surface area contributed by atoms with Crippen LogP contribution in [-0.4, -0.2) is 47.0 Å². The molecule has 1 amide bonds. The second-order valence-electron chi connectivity index (χ2n) is 5.73. The molecule has 1 aromatic carbocycles. The molecule has 1 aliphatic rings. The number of carbonyl (C=O) groups excluding carboxylic acids is 1. The largest absolute Gasteiger partial charge is 0.490 e. The van der Waals surface area contributed by atoms with Crippen LogP contribution in [0.3, 0.4) is 0 Å². The van der Waals surface area contributed by atoms with Gasteiger partial charge in [-0.15, -0.1) is 0 Å². The van der Waals surface area contributed by atoms with Gasteiger partial charge in [0.05, 0.1) is 18.0 Å². The summed E-state index contributed by atoms with van der Waals surface area (Å²) in [7, 11) is 1.31. The van der Waals surface area contributed by atoms with Crippen molar-refractivity contribution < 1.29 is 24.4 Å². The maximum absolute atomic E-state index is 12.6. The lowest BCUT2D eigenvalue weighted by molar-refractivity contribution is -0.385. The number of hydrogen-bond donors (Lipinski definition) is 1. The van der Waals surface area contributed by atoms with Gasteiger partial charge in [-0.2, -0.15) is 0 Å². The van der Waals surface area contributed by atoms with Crippen LogP contribution < -0.4 is 4.74 Å². The van der Waals surface area contributed by atoms with E-state index in [0.717, 1.165) is 6.07 Å². The summed E-state index contributed by atoms with van der Waals surface area (Å²) in [6.45, 7) is 2.42. The van der Waals surface area contributed by atoms with Crippen LogP contribution in [-0.2, 0) is 4.79 Å². The molecule has 0 aliphatic carbocycles. The van der Waals surface area contributed by atoms with Crippen molar-refractivity contribution >= 4 is 17.6 Å². The van der Waals surface area contributed by atoms with E-state index in [-0.39, 0.29) is 29.5 Å². The van der Waals surface area contributed by atoms with Crippen LogP contribution in [0.4, 0.5) is 5.69 Å². The topological polar surface area (TPSA) is 110 Å². The highest BCUT2D eigenvalue weighted by atomic mass is 16.6. The van der Waals surface area contributed by atoms with E-state index >= 15 is 0 Å². The number of aliphatic carboxylic acids is 1. The van der Waals surface area contributed by atoms with Crippen molar-refractivity contribution in [3.05, 3.63) is 33.9 Å². The Labute approximate surface area is 132 Å². The lowest BCUT2D eigenvalue weighted by Gasteiger charge is -2.34. The number of carboxylic acid groups (broad SMARTS) is 1. The molecule has 0 saturated carbocycles. The molecule has 23 heavy (non-hydrogen) atoms. The molecule has 1 N–H and O–H groups in total. The normalized spacial score (nSPS) is 20.9. The van der Waals surface area contributed by atoms with Gasteiger partial charge in [0.25, 0.3) is 5.91 Å². The monoisotopic (exact) mass is 322 g/mol. The highest BCUT2D eigenvalue weighted by Crippen LogP contribution is 2.29. The van der Waals surface area contributed by atoms with Gasteiger partial charge >= 0.3 is 11.7 Å². The van der Waals surface area contributed by atoms with Crippen molar-refractivity contribution in [3.63, 3.8) is 0 Å². The predicted molar refractivity (Wildman–Crippen MR) is 80.5 cm³/mol. The summed E-state index contributed by atoms with van der Waals surface area (Å²) in [6, 6.07) is 3.98. The predicted octanol–water partition coefficient (Wildman–Crippen LogP) is 1.79. The van der Waals surface area contributed by atoms with E-state index in [0.29, 0.717) is 13.0 Å². The summed E-state index contributed by atoms with van der Waals surface area (Å²) < 4.78 is 4.91. The van der Waals surface area contributed by atoms with Crippen LogP contribution >= 0.6 is 0 Å². The number of ether oxygens (including phenoxy) is 1. The summed E-state index contributed by atoms with van der Waals surface area (Å²) in [5, 5.41) is 20.2. The maximum atomic E-state index is 12.6. The molecule has 8 heteroatoms. The minimum Gasteiger partial charge on any atom is -0.490 e. The number of carboxylic acids is 1. The highest BCUT2D eigenvalue weighted by molar-refractivity contribution is 5.95. The molecule has 0 spiro atoms. The van der Waals surface area contributed by atoms with Crippen molar-refractivity contribution in [1.82, 2.24) is 4.90 Å². The van der Waals surface area contributed by atoms with Gasteiger partial charge in [0.2, 0.25) is 0 Å². The molecule has 0 aromatic heterocycles. The van der Waals surface area contributed by atoms with E-state index < -0.39 is 22.7 Å². The Bertz CT molecular complexity index is 645. The lowest BCUT2D eigenvalue weighted by Crippen LogP contribution is -2.45. The van der Waals surface area contributed by atoms with Gasteiger partial charge in [-0.3, -0.25) is 19.7 Å². The molecule has 1 fully saturated rings. The fourth-order valence-electron chi connectivity index (χ4n) is 2.84. The zero-order valence-corrected chi connectivity index (χ0v) is 12.9. The van der Waals surface area contributed by atoms with Gasteiger partial charge in [-0.25, -0.2) is 0 Å². The Morgan fingerprint density at radius 2 is 2.09 bits per heavy atom. The third-order valence-electron chi connectivity index (χ3n) is 3.92. The molecule has 2 atom stereocenters. The number of amides is 1. The Morgan fingerprint density at radius 3 is 2.65 bits per heavy atom. The number of hydrogen-bond acceptors (Lipinski definition) is 5. The van der Waals surface area contributed by atoms with Crippen molar-refractivity contribution in [2.75, 3.05) is 20.2 Å². The van der Waals surface area contributed by atoms with Crippen molar-refractivity contribution in [2.45, 2.75) is 13.3 Å². The number of nitrogens with zero attached hydrogens (tertiary/aromatic N) is 2. The Morgan fingerprint density at radius 1 is 1.39 bits per heavy atom. The minimum atomic E-state index is -0.935. The second-order valence-corrected chi connectivity index (χ2v) is 5.73. The fourth-order valence-corrected chi connectivity index (χ4v) is 2.84. The Kier molecular flexibility index (Phi) is 4.83. The van der Waals surface area contributed by atoms with E-state index in [9.17, 15) is 19.7 Å². The zero-order chi connectivity index (χ0) is 17.1. The Balaban J connectivity index is 2.27. The standard InChI is InChI=1S/C15H18N2O6/c1-9-5-11(15(19)20)8-16(7-9)14(18)10-3-4-13(23-2)12(6-10)17(21)22/h3-4,6,9,11H,5,7-8H2,1-2H3,(H,19,20). The van der Waals surface area contributed by atoms with Gasteiger partial charge in [-0.05, 0) is 24.5 Å². The van der Waals surface area contributed by atoms with Gasteiger partial charge in [0.1, 0.15) is 0 Å². The first kappa shape index (κ1) is 16.7. The molecular formula is C15H18N2O6. The van der Waals surface area contributed by atoms with Crippen LogP contribution in [0.25, 0.3) is 0 Å². The number of benzene rings is 1. The van der Waals surface area contributed by atoms with Crippen LogP contribution in [0.2, 0.25) is 0 Å². The minimum absolute atomic E-state index is 0.0574. The van der Waals surface area contributed by atoms with Crippen molar-refractivity contribution in [1.29, 1.82) is 0 Å². The summed E-state index contributed by atoms with van der Waals surface area (Å²) in [5.74, 6) is -1.83. The van der Waals surface area contributed by atoms with Gasteiger partial charge in [0.15, 0.2) is 5.75 Å². The first-order chi connectivity index (χ1) is 10.8. The number of rotatable bonds is 4. The van der Waals surface area contributed by atoms with Crippen LogP contribution in [0.1, 0.15) is 23.7 Å². The highest BCUT2D eigenvalue weighted by Gasteiger charge is 2.32. The molecule has 1 saturated heterocycles. The third-order valence-corrected chi connectivity index (χ3v) is 3.92. The molecule has 8 nitrogen and oxygen atoms in total. The number of methoxy groups -OCH3 is 1. The average Bonchev–Trinajstić information content (AvgIpc) is 2.52. The molecule has 0 radical (unpaired) electrons. The van der Waals surface area contributed by atoms with Crippen LogP contribution in [0.5, 0.6) is 5.75 Å². The van der Waals surface area contributed by atoms with Crippen molar-refractivity contribution in [2.24, 2.45) is 11.8 Å². The molecule has 1 aromatic rings. The smallest absolute Gasteiger partial charge is 0.311 e. The van der Waals surface area contributed by atoms with E-state index in [1.165, 1.54) is 24.1 Å². The number of piperidine rings is 1. The first-order valence-electron chi connectivity index (χ1n) is 7.18. The van der Waals surface area contributed by atoms with E-state index in [4.69, 9.17) is 9.84 Å². The quantitative estimate of drug-likeness (QED) is 0.668. The summed E-state index contributed by atoms with van der Waals surface area (Å²) >= 11 is 0. The van der Waals surface area contributed by atoms with Crippen LogP contribution in [0.15, 0.2) is 18.2 Å². The lowest BCUT2D eigenvalue weighted by atomic mass is 9.90. The van der Waals surface area contributed by atoms with E-state index in [1.807, 2.05) is 6.92 Å². The van der Waals surface area contributed by atoms with Gasteiger partial charge in [-0.1, -0.05) is 6.92 Å². The fraction of sp³-hybridized carbons (Fsp3) is 0.467. The Hall–Kier alpha value is -2.64. The number of carbonyl (C=O) groups is 2. The summed E-state index contributed by atoms with van der Waals surface area (Å²) in [5.41, 5.74) is -0.145. The average molecular weight is 322 g/mol. The molecule has 1 aliphatic heterocycles. The van der Waals surface area contributed by atoms with Gasteiger partial charge in [0, 0.05) is 24.7 Å². The SMILES string of the molecule is COc1ccc(C(=O)N2CC(C)CC(C(=O)O)C2)cc1[N+](=O)[O-]. The van der Waals surface area contributed by atoms with Gasteiger partial charge < -0.3 is 14.7 Å².